The van der Waals surface area contributed by atoms with Crippen molar-refractivity contribution in [3.05, 3.63) is 34.6 Å². The monoisotopic (exact) mass is 244 g/mol. The Bertz CT molecular complexity index is 364. The highest BCUT2D eigenvalue weighted by molar-refractivity contribution is 6.31. The van der Waals surface area contributed by atoms with Gasteiger partial charge in [0, 0.05) is 18.2 Å². The van der Waals surface area contributed by atoms with E-state index in [1.54, 1.807) is 6.07 Å². The lowest BCUT2D eigenvalue weighted by molar-refractivity contribution is 0.00720. The number of rotatable bonds is 2. The van der Waals surface area contributed by atoms with Gasteiger partial charge < -0.3 is 9.84 Å². The molecule has 0 aliphatic carbocycles. The molecular weight excluding hydrogens is 231 g/mol. The molecule has 16 heavy (non-hydrogen) atoms. The maximum Gasteiger partial charge on any atom is 0.124 e. The first-order chi connectivity index (χ1) is 7.68. The molecule has 88 valence electrons. The van der Waals surface area contributed by atoms with Crippen LogP contribution in [0.25, 0.3) is 0 Å². The summed E-state index contributed by atoms with van der Waals surface area (Å²) in [5.74, 6) is -0.232. The first kappa shape index (κ1) is 11.8. The molecule has 0 saturated carbocycles. The van der Waals surface area contributed by atoms with Gasteiger partial charge in [-0.05, 0) is 36.5 Å². The normalized spacial score (nSPS) is 19.7. The van der Waals surface area contributed by atoms with Crippen LogP contribution in [-0.4, -0.2) is 18.3 Å². The summed E-state index contributed by atoms with van der Waals surface area (Å²) in [6.45, 7) is 1.33. The van der Waals surface area contributed by atoms with Crippen LogP contribution < -0.4 is 0 Å². The van der Waals surface area contributed by atoms with Gasteiger partial charge in [0.15, 0.2) is 0 Å². The van der Waals surface area contributed by atoms with Crippen LogP contribution in [0.3, 0.4) is 0 Å². The van der Waals surface area contributed by atoms with Crippen LogP contribution in [0.15, 0.2) is 18.2 Å². The Hall–Kier alpha value is -0.640. The molecule has 0 spiro atoms. The third kappa shape index (κ3) is 2.54. The fourth-order valence-corrected chi connectivity index (χ4v) is 2.31. The van der Waals surface area contributed by atoms with Crippen molar-refractivity contribution in [2.24, 2.45) is 5.92 Å². The number of hydrogen-bond acceptors (Lipinski definition) is 2. The van der Waals surface area contributed by atoms with E-state index in [-0.39, 0.29) is 11.7 Å². The molecule has 1 aromatic carbocycles. The molecule has 1 heterocycles. The van der Waals surface area contributed by atoms with Crippen molar-refractivity contribution in [2.75, 3.05) is 13.2 Å². The van der Waals surface area contributed by atoms with Crippen LogP contribution in [0.2, 0.25) is 5.02 Å². The van der Waals surface area contributed by atoms with Gasteiger partial charge in [-0.1, -0.05) is 17.7 Å². The van der Waals surface area contributed by atoms with Crippen LogP contribution in [0.1, 0.15) is 24.5 Å². The smallest absolute Gasteiger partial charge is 0.124 e. The third-order valence-electron chi connectivity index (χ3n) is 2.99. The molecule has 0 aromatic heterocycles. The molecular formula is C12H14ClFO2. The predicted octanol–water partition coefficient (Wildman–Crippen LogP) is 2.94. The summed E-state index contributed by atoms with van der Waals surface area (Å²) in [5.41, 5.74) is 0.606. The number of hydrogen-bond donors (Lipinski definition) is 1. The van der Waals surface area contributed by atoms with Crippen molar-refractivity contribution in [1.29, 1.82) is 0 Å². The minimum Gasteiger partial charge on any atom is -0.388 e. The van der Waals surface area contributed by atoms with Crippen LogP contribution in [-0.2, 0) is 4.74 Å². The van der Waals surface area contributed by atoms with E-state index in [0.717, 1.165) is 12.8 Å². The number of aliphatic hydroxyl groups is 1. The number of ether oxygens (including phenoxy) is 1. The molecule has 2 rings (SSSR count). The van der Waals surface area contributed by atoms with Gasteiger partial charge in [0.1, 0.15) is 5.82 Å². The highest BCUT2D eigenvalue weighted by Gasteiger charge is 2.25. The van der Waals surface area contributed by atoms with Gasteiger partial charge in [0.25, 0.3) is 0 Å². The van der Waals surface area contributed by atoms with Crippen LogP contribution >= 0.6 is 11.6 Å². The van der Waals surface area contributed by atoms with Gasteiger partial charge in [0.05, 0.1) is 6.10 Å². The summed E-state index contributed by atoms with van der Waals surface area (Å²) in [4.78, 5) is 0. The zero-order valence-electron chi connectivity index (χ0n) is 8.83. The summed E-state index contributed by atoms with van der Waals surface area (Å²) < 4.78 is 18.1. The van der Waals surface area contributed by atoms with Gasteiger partial charge >= 0.3 is 0 Å². The third-order valence-corrected chi connectivity index (χ3v) is 3.32. The predicted molar refractivity (Wildman–Crippen MR) is 59.9 cm³/mol. The Kier molecular flexibility index (Phi) is 3.79. The Morgan fingerprint density at radius 2 is 2.06 bits per heavy atom. The number of benzene rings is 1. The standard InChI is InChI=1S/C12H14ClFO2/c13-11-7-9(14)1-2-10(11)12(15)8-3-5-16-6-4-8/h1-2,7-8,12,15H,3-6H2. The van der Waals surface area contributed by atoms with Crippen molar-refractivity contribution in [3.8, 4) is 0 Å². The molecule has 1 N–H and O–H groups in total. The van der Waals surface area contributed by atoms with Crippen LogP contribution in [0, 0.1) is 11.7 Å². The van der Waals surface area contributed by atoms with Gasteiger partial charge in [-0.25, -0.2) is 4.39 Å². The fourth-order valence-electron chi connectivity index (χ4n) is 2.03. The minimum absolute atomic E-state index is 0.150. The summed E-state index contributed by atoms with van der Waals surface area (Å²) in [7, 11) is 0. The van der Waals surface area contributed by atoms with E-state index >= 15 is 0 Å². The lowest BCUT2D eigenvalue weighted by Crippen LogP contribution is -2.22. The molecule has 0 amide bonds. The topological polar surface area (TPSA) is 29.5 Å². The second-order valence-corrected chi connectivity index (χ2v) is 4.47. The van der Waals surface area contributed by atoms with E-state index in [1.807, 2.05) is 0 Å². The molecule has 1 aliphatic rings. The van der Waals surface area contributed by atoms with Crippen molar-refractivity contribution in [3.63, 3.8) is 0 Å². The first-order valence-electron chi connectivity index (χ1n) is 5.39. The number of halogens is 2. The summed E-state index contributed by atoms with van der Waals surface area (Å²) in [6.07, 6.45) is 1.00. The second kappa shape index (κ2) is 5.13. The first-order valence-corrected chi connectivity index (χ1v) is 5.77. The van der Waals surface area contributed by atoms with E-state index in [2.05, 4.69) is 0 Å². The van der Waals surface area contributed by atoms with Crippen LogP contribution in [0.5, 0.6) is 0 Å². The molecule has 1 atom stereocenters. The molecule has 1 fully saturated rings. The average molecular weight is 245 g/mol. The summed E-state index contributed by atoms with van der Waals surface area (Å²) >= 11 is 5.91. The highest BCUT2D eigenvalue weighted by Crippen LogP contribution is 2.33. The van der Waals surface area contributed by atoms with Gasteiger partial charge in [-0.15, -0.1) is 0 Å². The quantitative estimate of drug-likeness (QED) is 0.867. The van der Waals surface area contributed by atoms with Crippen LogP contribution in [0.4, 0.5) is 4.39 Å². The zero-order valence-corrected chi connectivity index (χ0v) is 9.58. The van der Waals surface area contributed by atoms with Crippen molar-refractivity contribution < 1.29 is 14.2 Å². The second-order valence-electron chi connectivity index (χ2n) is 4.06. The van der Waals surface area contributed by atoms with Gasteiger partial charge in [-0.2, -0.15) is 0 Å². The van der Waals surface area contributed by atoms with E-state index < -0.39 is 6.10 Å². The van der Waals surface area contributed by atoms with E-state index in [4.69, 9.17) is 16.3 Å². The lowest BCUT2D eigenvalue weighted by atomic mass is 9.89. The van der Waals surface area contributed by atoms with E-state index in [9.17, 15) is 9.50 Å². The maximum absolute atomic E-state index is 12.9. The van der Waals surface area contributed by atoms with E-state index in [1.165, 1.54) is 12.1 Å². The molecule has 4 heteroatoms. The molecule has 1 aliphatic heterocycles. The number of aliphatic hydroxyl groups excluding tert-OH is 1. The largest absolute Gasteiger partial charge is 0.388 e. The molecule has 0 radical (unpaired) electrons. The Labute approximate surface area is 99.0 Å². The van der Waals surface area contributed by atoms with Gasteiger partial charge in [0.2, 0.25) is 0 Å². The molecule has 1 unspecified atom stereocenters. The highest BCUT2D eigenvalue weighted by atomic mass is 35.5. The zero-order chi connectivity index (χ0) is 11.5. The lowest BCUT2D eigenvalue weighted by Gasteiger charge is -2.27. The molecule has 0 bridgehead atoms. The minimum atomic E-state index is -0.628. The average Bonchev–Trinajstić information content (AvgIpc) is 2.29. The fraction of sp³-hybridized carbons (Fsp3) is 0.500. The van der Waals surface area contributed by atoms with Gasteiger partial charge in [-0.3, -0.25) is 0 Å². The SMILES string of the molecule is OC(c1ccc(F)cc1Cl)C1CCOCC1. The molecule has 1 aromatic rings. The Balaban J connectivity index is 2.15. The summed E-state index contributed by atoms with van der Waals surface area (Å²) in [6, 6.07) is 4.11. The Morgan fingerprint density at radius 3 is 2.69 bits per heavy atom. The Morgan fingerprint density at radius 1 is 1.38 bits per heavy atom. The van der Waals surface area contributed by atoms with Crippen molar-refractivity contribution in [1.82, 2.24) is 0 Å². The molecule has 2 nitrogen and oxygen atoms in total. The van der Waals surface area contributed by atoms with Crippen molar-refractivity contribution in [2.45, 2.75) is 18.9 Å². The van der Waals surface area contributed by atoms with Crippen molar-refractivity contribution >= 4 is 11.6 Å². The van der Waals surface area contributed by atoms with E-state index in [0.29, 0.717) is 23.8 Å². The maximum atomic E-state index is 12.9. The summed E-state index contributed by atoms with van der Waals surface area (Å²) in [5, 5.41) is 10.4. The molecule has 1 saturated heterocycles.